The van der Waals surface area contributed by atoms with Crippen molar-refractivity contribution in [2.45, 2.75) is 20.3 Å². The third-order valence-corrected chi connectivity index (χ3v) is 3.21. The number of benzene rings is 1. The molecular formula is C15H18O3. The molecule has 1 unspecified atom stereocenters. The van der Waals surface area contributed by atoms with Crippen LogP contribution in [0.1, 0.15) is 25.8 Å². The molecule has 1 aliphatic rings. The standard InChI is InChI=1S/C15H18O3/c1-10(2)13-9-15(16)18-14(13)8-11-4-6-12(17-3)7-5-11/h4-8,10,13H,9H2,1-3H3/b14-8-. The highest BCUT2D eigenvalue weighted by atomic mass is 16.5. The Morgan fingerprint density at radius 2 is 2.00 bits per heavy atom. The topological polar surface area (TPSA) is 35.5 Å². The van der Waals surface area contributed by atoms with Gasteiger partial charge in [0.15, 0.2) is 0 Å². The Hall–Kier alpha value is -1.77. The van der Waals surface area contributed by atoms with E-state index >= 15 is 0 Å². The number of carbonyl (C=O) groups is 1. The molecular weight excluding hydrogens is 228 g/mol. The van der Waals surface area contributed by atoms with Crippen LogP contribution >= 0.6 is 0 Å². The summed E-state index contributed by atoms with van der Waals surface area (Å²) >= 11 is 0. The van der Waals surface area contributed by atoms with Crippen LogP contribution in [0.25, 0.3) is 6.08 Å². The van der Waals surface area contributed by atoms with Gasteiger partial charge in [0.05, 0.1) is 13.5 Å². The molecule has 0 aliphatic carbocycles. The molecule has 2 rings (SSSR count). The smallest absolute Gasteiger partial charge is 0.311 e. The Bertz CT molecular complexity index is 457. The van der Waals surface area contributed by atoms with Crippen molar-refractivity contribution in [3.8, 4) is 5.75 Å². The van der Waals surface area contributed by atoms with Gasteiger partial charge in [-0.25, -0.2) is 0 Å². The van der Waals surface area contributed by atoms with Crippen LogP contribution in [-0.2, 0) is 9.53 Å². The summed E-state index contributed by atoms with van der Waals surface area (Å²) in [6, 6.07) is 7.70. The number of ether oxygens (including phenoxy) is 2. The van der Waals surface area contributed by atoms with Crippen molar-refractivity contribution in [1.82, 2.24) is 0 Å². The van der Waals surface area contributed by atoms with E-state index in [1.54, 1.807) is 7.11 Å². The van der Waals surface area contributed by atoms with Crippen LogP contribution in [0.3, 0.4) is 0 Å². The summed E-state index contributed by atoms with van der Waals surface area (Å²) in [5, 5.41) is 0. The number of hydrogen-bond acceptors (Lipinski definition) is 3. The summed E-state index contributed by atoms with van der Waals surface area (Å²) in [4.78, 5) is 11.4. The maximum absolute atomic E-state index is 11.4. The number of esters is 1. The van der Waals surface area contributed by atoms with E-state index in [9.17, 15) is 4.79 Å². The molecule has 1 atom stereocenters. The molecule has 0 amide bonds. The number of allylic oxidation sites excluding steroid dienone is 1. The normalized spacial score (nSPS) is 21.4. The van der Waals surface area contributed by atoms with E-state index in [-0.39, 0.29) is 11.9 Å². The number of methoxy groups -OCH3 is 1. The molecule has 96 valence electrons. The Morgan fingerprint density at radius 1 is 1.33 bits per heavy atom. The summed E-state index contributed by atoms with van der Waals surface area (Å²) in [5.41, 5.74) is 1.02. The maximum Gasteiger partial charge on any atom is 0.311 e. The minimum atomic E-state index is -0.131. The van der Waals surface area contributed by atoms with Crippen molar-refractivity contribution >= 4 is 12.0 Å². The molecule has 1 aromatic rings. The van der Waals surface area contributed by atoms with Gasteiger partial charge >= 0.3 is 5.97 Å². The van der Waals surface area contributed by atoms with Gasteiger partial charge in [-0.15, -0.1) is 0 Å². The van der Waals surface area contributed by atoms with E-state index in [1.165, 1.54) is 0 Å². The zero-order chi connectivity index (χ0) is 13.1. The average molecular weight is 246 g/mol. The van der Waals surface area contributed by atoms with Crippen LogP contribution in [0.5, 0.6) is 5.75 Å². The molecule has 1 fully saturated rings. The molecule has 0 radical (unpaired) electrons. The zero-order valence-corrected chi connectivity index (χ0v) is 11.0. The molecule has 0 N–H and O–H groups in total. The van der Waals surface area contributed by atoms with Gasteiger partial charge in [-0.1, -0.05) is 26.0 Å². The van der Waals surface area contributed by atoms with E-state index in [4.69, 9.17) is 9.47 Å². The van der Waals surface area contributed by atoms with Crippen molar-refractivity contribution in [1.29, 1.82) is 0 Å². The highest BCUT2D eigenvalue weighted by Crippen LogP contribution is 2.33. The Kier molecular flexibility index (Phi) is 3.70. The largest absolute Gasteiger partial charge is 0.497 e. The average Bonchev–Trinajstić information content (AvgIpc) is 2.71. The lowest BCUT2D eigenvalue weighted by atomic mass is 9.92. The van der Waals surface area contributed by atoms with Gasteiger partial charge in [-0.2, -0.15) is 0 Å². The van der Waals surface area contributed by atoms with Crippen molar-refractivity contribution in [3.63, 3.8) is 0 Å². The lowest BCUT2D eigenvalue weighted by molar-refractivity contribution is -0.135. The SMILES string of the molecule is COc1ccc(/C=C2\OC(=O)CC2C(C)C)cc1. The van der Waals surface area contributed by atoms with Crippen LogP contribution in [0, 0.1) is 11.8 Å². The summed E-state index contributed by atoms with van der Waals surface area (Å²) in [7, 11) is 1.64. The molecule has 1 heterocycles. The summed E-state index contributed by atoms with van der Waals surface area (Å²) in [6.45, 7) is 4.21. The second-order valence-electron chi connectivity index (χ2n) is 4.85. The number of hydrogen-bond donors (Lipinski definition) is 0. The van der Waals surface area contributed by atoms with Crippen molar-refractivity contribution in [2.24, 2.45) is 11.8 Å². The quantitative estimate of drug-likeness (QED) is 0.768. The number of rotatable bonds is 3. The third kappa shape index (κ3) is 2.73. The second-order valence-corrected chi connectivity index (χ2v) is 4.85. The first-order chi connectivity index (χ1) is 8.60. The predicted octanol–water partition coefficient (Wildman–Crippen LogP) is 3.26. The van der Waals surface area contributed by atoms with Gasteiger partial charge in [-0.3, -0.25) is 4.79 Å². The van der Waals surface area contributed by atoms with Crippen LogP contribution < -0.4 is 4.74 Å². The summed E-state index contributed by atoms with van der Waals surface area (Å²) in [6.07, 6.45) is 2.43. The van der Waals surface area contributed by atoms with Crippen LogP contribution in [0.2, 0.25) is 0 Å². The fraction of sp³-hybridized carbons (Fsp3) is 0.400. The van der Waals surface area contributed by atoms with E-state index in [1.807, 2.05) is 30.3 Å². The molecule has 18 heavy (non-hydrogen) atoms. The zero-order valence-electron chi connectivity index (χ0n) is 11.0. The van der Waals surface area contributed by atoms with Gasteiger partial charge < -0.3 is 9.47 Å². The minimum absolute atomic E-state index is 0.131. The van der Waals surface area contributed by atoms with E-state index in [0.717, 1.165) is 17.1 Å². The Morgan fingerprint density at radius 3 is 2.56 bits per heavy atom. The molecule has 3 nitrogen and oxygen atoms in total. The molecule has 1 saturated heterocycles. The molecule has 0 bridgehead atoms. The van der Waals surface area contributed by atoms with Gasteiger partial charge in [0.25, 0.3) is 0 Å². The molecule has 0 aromatic heterocycles. The molecule has 3 heteroatoms. The fourth-order valence-corrected chi connectivity index (χ4v) is 2.09. The van der Waals surface area contributed by atoms with Crippen LogP contribution in [-0.4, -0.2) is 13.1 Å². The summed E-state index contributed by atoms with van der Waals surface area (Å²) < 4.78 is 10.4. The molecule has 0 spiro atoms. The second kappa shape index (κ2) is 5.25. The van der Waals surface area contributed by atoms with Crippen molar-refractivity contribution in [3.05, 3.63) is 35.6 Å². The minimum Gasteiger partial charge on any atom is -0.497 e. The number of carbonyl (C=O) groups excluding carboxylic acids is 1. The van der Waals surface area contributed by atoms with Crippen LogP contribution in [0.4, 0.5) is 0 Å². The third-order valence-electron chi connectivity index (χ3n) is 3.21. The predicted molar refractivity (Wildman–Crippen MR) is 70.0 cm³/mol. The highest BCUT2D eigenvalue weighted by Gasteiger charge is 2.31. The van der Waals surface area contributed by atoms with Gasteiger partial charge in [-0.05, 0) is 29.7 Å². The lowest BCUT2D eigenvalue weighted by Gasteiger charge is -2.12. The highest BCUT2D eigenvalue weighted by molar-refractivity contribution is 5.76. The Labute approximate surface area is 107 Å². The van der Waals surface area contributed by atoms with E-state index in [0.29, 0.717) is 12.3 Å². The van der Waals surface area contributed by atoms with Crippen LogP contribution in [0.15, 0.2) is 30.0 Å². The Balaban J connectivity index is 2.22. The lowest BCUT2D eigenvalue weighted by Crippen LogP contribution is -2.06. The van der Waals surface area contributed by atoms with E-state index in [2.05, 4.69) is 13.8 Å². The van der Waals surface area contributed by atoms with Crippen molar-refractivity contribution < 1.29 is 14.3 Å². The van der Waals surface area contributed by atoms with Crippen molar-refractivity contribution in [2.75, 3.05) is 7.11 Å². The number of cyclic esters (lactones) is 1. The molecule has 1 aromatic carbocycles. The van der Waals surface area contributed by atoms with E-state index < -0.39 is 0 Å². The summed E-state index contributed by atoms with van der Waals surface area (Å²) in [5.74, 6) is 2.06. The molecule has 1 aliphatic heterocycles. The van der Waals surface area contributed by atoms with Gasteiger partial charge in [0.2, 0.25) is 0 Å². The monoisotopic (exact) mass is 246 g/mol. The van der Waals surface area contributed by atoms with Gasteiger partial charge in [0.1, 0.15) is 11.5 Å². The first-order valence-corrected chi connectivity index (χ1v) is 6.16. The fourth-order valence-electron chi connectivity index (χ4n) is 2.09. The maximum atomic E-state index is 11.4. The first kappa shape index (κ1) is 12.7. The first-order valence-electron chi connectivity index (χ1n) is 6.16. The van der Waals surface area contributed by atoms with Gasteiger partial charge in [0, 0.05) is 5.92 Å². The molecule has 0 saturated carbocycles.